The van der Waals surface area contributed by atoms with E-state index in [1.807, 2.05) is 0 Å². The molecule has 0 spiro atoms. The molecule has 1 aliphatic carbocycles. The van der Waals surface area contributed by atoms with E-state index < -0.39 is 0 Å². The van der Waals surface area contributed by atoms with Gasteiger partial charge in [-0.25, -0.2) is 0 Å². The van der Waals surface area contributed by atoms with Crippen molar-refractivity contribution in [3.05, 3.63) is 21.3 Å². The summed E-state index contributed by atoms with van der Waals surface area (Å²) in [5, 5.41) is 0. The highest BCUT2D eigenvalue weighted by Gasteiger charge is 2.23. The standard InChI is InChI=1S/C12H20I/c1-9(2)10(3)11-7-5-6-8-12(11)13-4/h6,8-10H,5,7H2,1-4H3/q+1. The molecular weight excluding hydrogens is 271 g/mol. The van der Waals surface area contributed by atoms with E-state index in [0.29, 0.717) is 0 Å². The molecule has 13 heavy (non-hydrogen) atoms. The third-order valence-electron chi connectivity index (χ3n) is 2.90. The maximum atomic E-state index is 2.39. The highest BCUT2D eigenvalue weighted by molar-refractivity contribution is 5.24. The fraction of sp³-hybridized carbons (Fsp3) is 0.667. The van der Waals surface area contributed by atoms with Gasteiger partial charge >= 0.3 is 21.2 Å². The maximum Gasteiger partial charge on any atom is 0.309 e. The fourth-order valence-electron chi connectivity index (χ4n) is 1.68. The number of hydrogen-bond donors (Lipinski definition) is 0. The molecule has 0 amide bonds. The highest BCUT2D eigenvalue weighted by Crippen LogP contribution is 2.27. The Labute approximate surface area is 92.8 Å². The van der Waals surface area contributed by atoms with Gasteiger partial charge < -0.3 is 0 Å². The van der Waals surface area contributed by atoms with Gasteiger partial charge in [0.1, 0.15) is 4.93 Å². The average molecular weight is 291 g/mol. The summed E-state index contributed by atoms with van der Waals surface area (Å²) in [5.74, 6) is 1.59. The lowest BCUT2D eigenvalue weighted by molar-refractivity contribution is -0.572. The Morgan fingerprint density at radius 3 is 2.54 bits per heavy atom. The molecule has 0 aromatic rings. The summed E-state index contributed by atoms with van der Waals surface area (Å²) in [7, 11) is 0. The quantitative estimate of drug-likeness (QED) is 0.528. The number of allylic oxidation sites excluding steroid dienone is 4. The minimum Gasteiger partial charge on any atom is -0.0797 e. The van der Waals surface area contributed by atoms with Gasteiger partial charge in [0.25, 0.3) is 0 Å². The summed E-state index contributed by atoms with van der Waals surface area (Å²) in [6.07, 6.45) is 7.30. The molecule has 1 rings (SSSR count). The SMILES string of the molecule is C[I+]C1=C(C(C)C(C)C)CCC=C1. The van der Waals surface area contributed by atoms with Crippen molar-refractivity contribution >= 4 is 0 Å². The first-order valence-corrected chi connectivity index (χ1v) is 8.29. The van der Waals surface area contributed by atoms with Gasteiger partial charge in [-0.15, -0.1) is 0 Å². The van der Waals surface area contributed by atoms with E-state index in [-0.39, 0.29) is 21.2 Å². The largest absolute Gasteiger partial charge is 0.309 e. The summed E-state index contributed by atoms with van der Waals surface area (Å²) in [4.78, 5) is 2.37. The van der Waals surface area contributed by atoms with Gasteiger partial charge in [-0.3, -0.25) is 0 Å². The lowest BCUT2D eigenvalue weighted by atomic mass is 9.86. The predicted octanol–water partition coefficient (Wildman–Crippen LogP) is 0.601. The molecule has 1 heteroatoms. The second kappa shape index (κ2) is 5.18. The van der Waals surface area contributed by atoms with Crippen LogP contribution in [0.3, 0.4) is 0 Å². The van der Waals surface area contributed by atoms with Crippen molar-refractivity contribution in [2.75, 3.05) is 4.93 Å². The Morgan fingerprint density at radius 1 is 1.31 bits per heavy atom. The van der Waals surface area contributed by atoms with E-state index >= 15 is 0 Å². The van der Waals surface area contributed by atoms with Crippen LogP contribution in [-0.4, -0.2) is 4.93 Å². The Hall–Kier alpha value is 0.210. The number of halogens is 1. The molecule has 74 valence electrons. The average Bonchev–Trinajstić information content (AvgIpc) is 2.16. The van der Waals surface area contributed by atoms with Crippen LogP contribution in [0.1, 0.15) is 33.6 Å². The van der Waals surface area contributed by atoms with Crippen LogP contribution >= 0.6 is 0 Å². The van der Waals surface area contributed by atoms with E-state index in [1.165, 1.54) is 12.8 Å². The predicted molar refractivity (Wildman–Crippen MR) is 55.3 cm³/mol. The van der Waals surface area contributed by atoms with Crippen molar-refractivity contribution in [3.63, 3.8) is 0 Å². The van der Waals surface area contributed by atoms with Crippen LogP contribution in [0.5, 0.6) is 0 Å². The molecule has 0 heterocycles. The Kier molecular flexibility index (Phi) is 4.50. The lowest BCUT2D eigenvalue weighted by Gasteiger charge is -2.20. The van der Waals surface area contributed by atoms with Crippen LogP contribution < -0.4 is 21.2 Å². The van der Waals surface area contributed by atoms with Gasteiger partial charge in [-0.2, -0.15) is 0 Å². The summed E-state index contributed by atoms with van der Waals surface area (Å²) >= 11 is 0.280. The molecule has 0 nitrogen and oxygen atoms in total. The van der Waals surface area contributed by atoms with Crippen LogP contribution in [0.2, 0.25) is 0 Å². The van der Waals surface area contributed by atoms with Crippen molar-refractivity contribution < 1.29 is 21.2 Å². The van der Waals surface area contributed by atoms with Crippen molar-refractivity contribution in [3.8, 4) is 0 Å². The Bertz CT molecular complexity index is 223. The zero-order valence-electron chi connectivity index (χ0n) is 9.10. The molecule has 0 fully saturated rings. The summed E-state index contributed by atoms with van der Waals surface area (Å²) in [6, 6.07) is 0. The Morgan fingerprint density at radius 2 is 2.00 bits per heavy atom. The van der Waals surface area contributed by atoms with Crippen molar-refractivity contribution in [1.29, 1.82) is 0 Å². The number of rotatable bonds is 3. The summed E-state index contributed by atoms with van der Waals surface area (Å²) in [6.45, 7) is 7.06. The van der Waals surface area contributed by atoms with Crippen LogP contribution in [0.25, 0.3) is 0 Å². The van der Waals surface area contributed by atoms with E-state index in [9.17, 15) is 0 Å². The molecule has 0 N–H and O–H groups in total. The van der Waals surface area contributed by atoms with Gasteiger partial charge in [-0.05, 0) is 36.3 Å². The zero-order valence-corrected chi connectivity index (χ0v) is 11.3. The van der Waals surface area contributed by atoms with Gasteiger partial charge in [0.2, 0.25) is 0 Å². The minimum atomic E-state index is 0.280. The lowest BCUT2D eigenvalue weighted by Crippen LogP contribution is -3.59. The first-order valence-electron chi connectivity index (χ1n) is 5.05. The minimum absolute atomic E-state index is 0.280. The van der Waals surface area contributed by atoms with E-state index in [4.69, 9.17) is 0 Å². The molecule has 1 unspecified atom stereocenters. The normalized spacial score (nSPS) is 19.8. The summed E-state index contributed by atoms with van der Waals surface area (Å²) in [5.41, 5.74) is 1.76. The molecule has 1 aliphatic rings. The van der Waals surface area contributed by atoms with Gasteiger partial charge in [0.15, 0.2) is 3.58 Å². The van der Waals surface area contributed by atoms with Crippen LogP contribution in [0.4, 0.5) is 0 Å². The summed E-state index contributed by atoms with van der Waals surface area (Å²) < 4.78 is 1.70. The van der Waals surface area contributed by atoms with Gasteiger partial charge in [0, 0.05) is 0 Å². The molecule has 0 saturated heterocycles. The molecule has 1 atom stereocenters. The molecule has 0 bridgehead atoms. The van der Waals surface area contributed by atoms with Gasteiger partial charge in [0.05, 0.1) is 0 Å². The molecule has 0 aromatic heterocycles. The second-order valence-electron chi connectivity index (χ2n) is 4.04. The third-order valence-corrected chi connectivity index (χ3v) is 5.12. The van der Waals surface area contributed by atoms with Crippen molar-refractivity contribution in [2.45, 2.75) is 33.6 Å². The maximum absolute atomic E-state index is 2.39. The first-order chi connectivity index (χ1) is 6.16. The number of hydrogen-bond acceptors (Lipinski definition) is 0. The molecule has 0 radical (unpaired) electrons. The van der Waals surface area contributed by atoms with E-state index in [0.717, 1.165) is 11.8 Å². The van der Waals surface area contributed by atoms with Gasteiger partial charge in [-0.1, -0.05) is 26.8 Å². The van der Waals surface area contributed by atoms with Crippen LogP contribution in [0, 0.1) is 11.8 Å². The Balaban J connectivity index is 2.84. The molecular formula is C12H20I+. The highest BCUT2D eigenvalue weighted by atomic mass is 127. The first kappa shape index (κ1) is 11.3. The molecule has 0 aromatic carbocycles. The van der Waals surface area contributed by atoms with Crippen LogP contribution in [0.15, 0.2) is 21.3 Å². The fourth-order valence-corrected chi connectivity index (χ4v) is 3.75. The smallest absolute Gasteiger partial charge is 0.0797 e. The zero-order chi connectivity index (χ0) is 9.84. The van der Waals surface area contributed by atoms with Crippen molar-refractivity contribution in [2.24, 2.45) is 11.8 Å². The third kappa shape index (κ3) is 2.83. The van der Waals surface area contributed by atoms with E-state index in [2.05, 4.69) is 37.9 Å². The molecule has 0 saturated carbocycles. The monoisotopic (exact) mass is 291 g/mol. The second-order valence-corrected chi connectivity index (χ2v) is 6.28. The van der Waals surface area contributed by atoms with Crippen molar-refractivity contribution in [1.82, 2.24) is 0 Å². The number of alkyl halides is 1. The van der Waals surface area contributed by atoms with Crippen LogP contribution in [-0.2, 0) is 0 Å². The molecule has 0 aliphatic heterocycles. The topological polar surface area (TPSA) is 0 Å². The van der Waals surface area contributed by atoms with E-state index in [1.54, 1.807) is 9.15 Å².